The number of benzene rings is 1. The lowest BCUT2D eigenvalue weighted by molar-refractivity contribution is -0.180. The molecular formula is C36H52N2O6. The highest BCUT2D eigenvalue weighted by Crippen LogP contribution is 2.68. The molecular weight excluding hydrogens is 556 g/mol. The molecule has 2 amide bonds. The first-order chi connectivity index (χ1) is 20.7. The first-order valence-corrected chi connectivity index (χ1v) is 16.7. The molecule has 0 spiro atoms. The highest BCUT2D eigenvalue weighted by Gasteiger charge is 2.61. The summed E-state index contributed by atoms with van der Waals surface area (Å²) in [4.78, 5) is 50.6. The Bertz CT molecular complexity index is 1260. The second-order valence-corrected chi connectivity index (χ2v) is 15.6. The van der Waals surface area contributed by atoms with Crippen molar-refractivity contribution >= 4 is 23.8 Å². The molecule has 2 N–H and O–H groups in total. The van der Waals surface area contributed by atoms with E-state index in [0.717, 1.165) is 44.1 Å². The molecule has 44 heavy (non-hydrogen) atoms. The van der Waals surface area contributed by atoms with Crippen LogP contribution in [0, 0.1) is 40.4 Å². The van der Waals surface area contributed by atoms with Crippen LogP contribution in [-0.2, 0) is 30.5 Å². The number of hydrogen-bond donors (Lipinski definition) is 2. The van der Waals surface area contributed by atoms with Gasteiger partial charge in [-0.25, -0.2) is 4.79 Å². The van der Waals surface area contributed by atoms with E-state index in [2.05, 4.69) is 24.5 Å². The van der Waals surface area contributed by atoms with Gasteiger partial charge in [-0.1, -0.05) is 44.2 Å². The molecule has 0 heterocycles. The van der Waals surface area contributed by atoms with Crippen molar-refractivity contribution in [2.75, 3.05) is 6.54 Å². The van der Waals surface area contributed by atoms with Gasteiger partial charge in [0, 0.05) is 5.92 Å². The molecule has 5 rings (SSSR count). The van der Waals surface area contributed by atoms with Gasteiger partial charge in [0.1, 0.15) is 30.1 Å². The summed E-state index contributed by atoms with van der Waals surface area (Å²) in [5, 5.41) is 5.22. The molecule has 0 radical (unpaired) electrons. The van der Waals surface area contributed by atoms with Gasteiger partial charge in [0.2, 0.25) is 5.91 Å². The van der Waals surface area contributed by atoms with Crippen LogP contribution in [0.3, 0.4) is 0 Å². The Hall–Kier alpha value is -2.90. The number of nitrogens with one attached hydrogen (secondary N) is 2. The Kier molecular flexibility index (Phi) is 8.96. The van der Waals surface area contributed by atoms with Gasteiger partial charge in [0.15, 0.2) is 0 Å². The summed E-state index contributed by atoms with van der Waals surface area (Å²) in [7, 11) is 0. The smallest absolute Gasteiger partial charge is 0.408 e. The maximum atomic E-state index is 13.0. The third kappa shape index (κ3) is 6.28. The van der Waals surface area contributed by atoms with Crippen LogP contribution in [0.5, 0.6) is 0 Å². The van der Waals surface area contributed by atoms with Gasteiger partial charge in [-0.15, -0.1) is 0 Å². The molecule has 1 aromatic carbocycles. The molecule has 4 saturated carbocycles. The Morgan fingerprint density at radius 2 is 1.59 bits per heavy atom. The normalized spacial score (nSPS) is 36.2. The summed E-state index contributed by atoms with van der Waals surface area (Å²) < 4.78 is 11.3. The van der Waals surface area contributed by atoms with Crippen LogP contribution >= 0.6 is 0 Å². The van der Waals surface area contributed by atoms with Crippen LogP contribution in [-0.4, -0.2) is 41.4 Å². The quantitative estimate of drug-likeness (QED) is 0.333. The van der Waals surface area contributed by atoms with E-state index < -0.39 is 29.1 Å². The first kappa shape index (κ1) is 32.5. The van der Waals surface area contributed by atoms with Crippen LogP contribution in [0.25, 0.3) is 0 Å². The van der Waals surface area contributed by atoms with Gasteiger partial charge in [0.05, 0.1) is 0 Å². The molecule has 0 aliphatic heterocycles. The molecule has 8 nitrogen and oxygen atoms in total. The van der Waals surface area contributed by atoms with Crippen molar-refractivity contribution in [2.24, 2.45) is 40.4 Å². The summed E-state index contributed by atoms with van der Waals surface area (Å²) in [6.07, 6.45) is 8.88. The van der Waals surface area contributed by atoms with Gasteiger partial charge in [-0.05, 0) is 126 Å². The fourth-order valence-electron chi connectivity index (χ4n) is 9.93. The molecule has 0 saturated heterocycles. The molecule has 0 aromatic heterocycles. The van der Waals surface area contributed by atoms with Crippen molar-refractivity contribution in [3.63, 3.8) is 0 Å². The number of esters is 1. The summed E-state index contributed by atoms with van der Waals surface area (Å²) in [6.45, 7) is 11.7. The second kappa shape index (κ2) is 12.1. The predicted molar refractivity (Wildman–Crippen MR) is 167 cm³/mol. The topological polar surface area (TPSA) is 111 Å². The van der Waals surface area contributed by atoms with E-state index in [1.54, 1.807) is 20.8 Å². The van der Waals surface area contributed by atoms with Gasteiger partial charge in [0.25, 0.3) is 0 Å². The molecule has 242 valence electrons. The molecule has 4 aliphatic rings. The number of fused-ring (bicyclic) bond motifs is 5. The minimum absolute atomic E-state index is 0.0943. The van der Waals surface area contributed by atoms with E-state index in [1.165, 1.54) is 19.3 Å². The predicted octanol–water partition coefficient (Wildman–Crippen LogP) is 6.36. The van der Waals surface area contributed by atoms with Crippen molar-refractivity contribution in [1.29, 1.82) is 0 Å². The fraction of sp³-hybridized carbons (Fsp3) is 0.722. The van der Waals surface area contributed by atoms with E-state index in [-0.39, 0.29) is 29.9 Å². The van der Waals surface area contributed by atoms with E-state index in [4.69, 9.17) is 9.47 Å². The molecule has 1 aromatic rings. The number of amides is 2. The van der Waals surface area contributed by atoms with Crippen molar-refractivity contribution in [3.8, 4) is 0 Å². The molecule has 4 aliphatic carbocycles. The fourth-order valence-corrected chi connectivity index (χ4v) is 9.93. The van der Waals surface area contributed by atoms with Gasteiger partial charge >= 0.3 is 12.1 Å². The van der Waals surface area contributed by atoms with Gasteiger partial charge < -0.3 is 20.1 Å². The second-order valence-electron chi connectivity index (χ2n) is 15.6. The van der Waals surface area contributed by atoms with Crippen LogP contribution in [0.4, 0.5) is 4.79 Å². The Balaban J connectivity index is 1.11. The highest BCUT2D eigenvalue weighted by atomic mass is 16.6. The average molecular weight is 609 g/mol. The standard InChI is InChI=1S/C36H52N2O6/c1-23(39)27-14-15-28-26-13-12-25-20-34(4,18-19-35(25,5)29(26)16-17-36(27,28)6)44-30(40)21-37-31(41)33(2,3)38-32(42)43-22-24-10-8-7-9-11-24/h7-11,25-29H,12-22H2,1-6H3,(H,37,41)(H,38,42)/t25-,26-,27+,28-,29-,34+,35-,36+/m0/s1. The Morgan fingerprint density at radius 3 is 2.30 bits per heavy atom. The minimum atomic E-state index is -1.27. The number of ketones is 1. The number of ether oxygens (including phenoxy) is 2. The molecule has 8 heteroatoms. The first-order valence-electron chi connectivity index (χ1n) is 16.7. The summed E-state index contributed by atoms with van der Waals surface area (Å²) in [6, 6.07) is 9.29. The number of carbonyl (C=O) groups is 4. The highest BCUT2D eigenvalue weighted by molar-refractivity contribution is 5.91. The SMILES string of the molecule is CC(=O)[C@H]1CC[C@H]2[C@@H]3CC[C@H]4C[C@](C)(OC(=O)CNC(=O)C(C)(C)NC(=O)OCc5ccccc5)CC[C@]4(C)[C@H]3CC[C@]12C. The van der Waals surface area contributed by atoms with Crippen LogP contribution in [0.1, 0.15) is 105 Å². The maximum Gasteiger partial charge on any atom is 0.408 e. The Labute approximate surface area is 262 Å². The molecule has 8 atom stereocenters. The summed E-state index contributed by atoms with van der Waals surface area (Å²) >= 11 is 0. The minimum Gasteiger partial charge on any atom is -0.458 e. The van der Waals surface area contributed by atoms with Crippen molar-refractivity contribution in [2.45, 2.75) is 117 Å². The van der Waals surface area contributed by atoms with E-state index in [1.807, 2.05) is 37.3 Å². The van der Waals surface area contributed by atoms with Crippen molar-refractivity contribution in [3.05, 3.63) is 35.9 Å². The molecule has 4 fully saturated rings. The maximum absolute atomic E-state index is 13.0. The molecule has 0 unspecified atom stereocenters. The van der Waals surface area contributed by atoms with Crippen LogP contribution in [0.15, 0.2) is 30.3 Å². The lowest BCUT2D eigenvalue weighted by Gasteiger charge is -2.62. The zero-order valence-corrected chi connectivity index (χ0v) is 27.5. The number of rotatable bonds is 8. The van der Waals surface area contributed by atoms with Crippen LogP contribution < -0.4 is 10.6 Å². The lowest BCUT2D eigenvalue weighted by atomic mass is 9.44. The van der Waals surface area contributed by atoms with E-state index >= 15 is 0 Å². The number of Topliss-reactive ketones (excluding diaryl/α,β-unsaturated/α-hetero) is 1. The average Bonchev–Trinajstić information content (AvgIpc) is 3.33. The van der Waals surface area contributed by atoms with Crippen molar-refractivity contribution < 1.29 is 28.7 Å². The largest absolute Gasteiger partial charge is 0.458 e. The lowest BCUT2D eigenvalue weighted by Crippen LogP contribution is -2.57. The van der Waals surface area contributed by atoms with E-state index in [9.17, 15) is 19.2 Å². The van der Waals surface area contributed by atoms with Gasteiger partial charge in [-0.3, -0.25) is 14.4 Å². The zero-order chi connectivity index (χ0) is 31.9. The van der Waals surface area contributed by atoms with Gasteiger partial charge in [-0.2, -0.15) is 0 Å². The Morgan fingerprint density at radius 1 is 0.886 bits per heavy atom. The molecule has 0 bridgehead atoms. The number of carbonyl (C=O) groups excluding carboxylic acids is 4. The summed E-state index contributed by atoms with van der Waals surface area (Å²) in [5.74, 6) is 2.14. The van der Waals surface area contributed by atoms with Crippen LogP contribution in [0.2, 0.25) is 0 Å². The van der Waals surface area contributed by atoms with E-state index in [0.29, 0.717) is 29.5 Å². The summed E-state index contributed by atoms with van der Waals surface area (Å²) in [5.41, 5.74) is -0.613. The third-order valence-corrected chi connectivity index (χ3v) is 12.4. The monoisotopic (exact) mass is 608 g/mol. The van der Waals surface area contributed by atoms with Crippen molar-refractivity contribution in [1.82, 2.24) is 10.6 Å². The number of alkyl carbamates (subject to hydrolysis) is 1. The number of hydrogen-bond acceptors (Lipinski definition) is 6. The third-order valence-electron chi connectivity index (χ3n) is 12.4. The zero-order valence-electron chi connectivity index (χ0n) is 27.5.